The normalized spacial score (nSPS) is 14.8. The molecule has 0 aliphatic heterocycles. The molecule has 0 N–H and O–H groups in total. The van der Waals surface area contributed by atoms with E-state index in [1.807, 2.05) is 0 Å². The summed E-state index contributed by atoms with van der Waals surface area (Å²) in [6, 6.07) is 4.96. The van der Waals surface area contributed by atoms with Gasteiger partial charge in [-0.25, -0.2) is 4.39 Å². The van der Waals surface area contributed by atoms with Gasteiger partial charge < -0.3 is 0 Å². The number of hydrogen-bond donors (Lipinski definition) is 0. The second-order valence-electron chi connectivity index (χ2n) is 6.92. The first-order chi connectivity index (χ1) is 14.9. The van der Waals surface area contributed by atoms with Gasteiger partial charge in [0, 0.05) is 23.3 Å². The molecule has 0 amide bonds. The van der Waals surface area contributed by atoms with Gasteiger partial charge in [0.2, 0.25) is 0 Å². The van der Waals surface area contributed by atoms with Gasteiger partial charge in [0.1, 0.15) is 0 Å². The van der Waals surface area contributed by atoms with E-state index in [1.165, 1.54) is 13.8 Å². The van der Waals surface area contributed by atoms with E-state index in [1.54, 1.807) is 0 Å². The first-order valence-corrected chi connectivity index (χ1v) is 9.54. The van der Waals surface area contributed by atoms with Crippen LogP contribution in [-0.2, 0) is 18.5 Å². The Balaban J connectivity index is 3.11. The third-order valence-electron chi connectivity index (χ3n) is 4.92. The molecule has 0 bridgehead atoms. The molecule has 0 saturated heterocycles. The lowest BCUT2D eigenvalue weighted by Crippen LogP contribution is -2.60. The molecule has 181 valence electrons. The van der Waals surface area contributed by atoms with E-state index in [-0.39, 0.29) is 30.0 Å². The van der Waals surface area contributed by atoms with Crippen LogP contribution in [0.4, 0.5) is 45.2 Å². The highest BCUT2D eigenvalue weighted by Gasteiger charge is 2.82. The Hall–Kier alpha value is -2.50. The number of halogens is 10. The second-order valence-corrected chi connectivity index (χ2v) is 7.33. The predicted molar refractivity (Wildman–Crippen MR) is 101 cm³/mol. The molecule has 2 aromatic carbocycles. The molecule has 0 aliphatic carbocycles. The molecule has 0 aromatic heterocycles. The first kappa shape index (κ1) is 26.7. The molecule has 0 spiro atoms. The van der Waals surface area contributed by atoms with Gasteiger partial charge in [-0.05, 0) is 41.7 Å². The molecule has 13 heteroatoms. The van der Waals surface area contributed by atoms with Crippen LogP contribution in [0.15, 0.2) is 24.3 Å². The summed E-state index contributed by atoms with van der Waals surface area (Å²) in [6.45, 7) is 2.68. The van der Waals surface area contributed by atoms with Crippen LogP contribution in [0, 0.1) is 16.2 Å². The predicted octanol–water partition coefficient (Wildman–Crippen LogP) is 7.76. The van der Waals surface area contributed by atoms with Crippen LogP contribution in [0.1, 0.15) is 30.5 Å². The van der Waals surface area contributed by atoms with Crippen molar-refractivity contribution in [3.63, 3.8) is 0 Å². The molecule has 2 aromatic rings. The Bertz CT molecular complexity index is 1070. The van der Waals surface area contributed by atoms with Crippen molar-refractivity contribution in [3.05, 3.63) is 62.2 Å². The molecule has 1 atom stereocenters. The van der Waals surface area contributed by atoms with Crippen LogP contribution >= 0.6 is 11.6 Å². The quantitative estimate of drug-likeness (QED) is 0.228. The van der Waals surface area contributed by atoms with Crippen molar-refractivity contribution in [1.29, 1.82) is 0 Å². The highest BCUT2D eigenvalue weighted by molar-refractivity contribution is 6.33. The lowest BCUT2D eigenvalue weighted by atomic mass is 9.79. The lowest BCUT2D eigenvalue weighted by molar-refractivity contribution is -0.389. The molecule has 1 radical (unpaired) electrons. The summed E-state index contributed by atoms with van der Waals surface area (Å²) in [6.07, 6.45) is -14.0. The maximum Gasteiger partial charge on any atom is 0.457 e. The number of non-ortho nitro benzene ring substituents is 1. The smallest absolute Gasteiger partial charge is 0.258 e. The average Bonchev–Trinajstić information content (AvgIpc) is 2.70. The van der Waals surface area contributed by atoms with E-state index >= 15 is 4.39 Å². The summed E-state index contributed by atoms with van der Waals surface area (Å²) in [5.74, 6) is -6.89. The third-order valence-corrected chi connectivity index (χ3v) is 5.23. The van der Waals surface area contributed by atoms with Gasteiger partial charge in [-0.1, -0.05) is 31.5 Å². The Labute approximate surface area is 186 Å². The number of aryl methyl sites for hydroxylation is 2. The minimum absolute atomic E-state index is 0.167. The molecule has 0 fully saturated rings. The van der Waals surface area contributed by atoms with Crippen LogP contribution in [-0.4, -0.2) is 23.2 Å². The Morgan fingerprint density at radius 2 is 1.52 bits per heavy atom. The van der Waals surface area contributed by atoms with Gasteiger partial charge >= 0.3 is 23.9 Å². The minimum atomic E-state index is -6.91. The van der Waals surface area contributed by atoms with Crippen LogP contribution < -0.4 is 0 Å². The van der Waals surface area contributed by atoms with Gasteiger partial charge in [0.05, 0.1) is 9.95 Å². The zero-order valence-corrected chi connectivity index (χ0v) is 17.5. The van der Waals surface area contributed by atoms with Crippen molar-refractivity contribution in [2.45, 2.75) is 50.6 Å². The van der Waals surface area contributed by atoms with Crippen LogP contribution in [0.2, 0.25) is 5.02 Å². The molecule has 1 unspecified atom stereocenters. The molecule has 0 saturated carbocycles. The standard InChI is InChI=1S/C20H14ClF9NO2/c1-3-10-7-11(4-2)16(13-6-5-12(31(32)33)9-15(13)21)14(8-10)17(22,19(25,26)27)18(23,24)20(28,29)30/h5-6,8-9H,3-4H2,1-2H3. The molecule has 0 heterocycles. The molecular formula is C20H14ClF9NO2. The van der Waals surface area contributed by atoms with Gasteiger partial charge in [-0.2, -0.15) is 35.1 Å². The van der Waals surface area contributed by atoms with Crippen molar-refractivity contribution in [3.8, 4) is 11.1 Å². The summed E-state index contributed by atoms with van der Waals surface area (Å²) in [7, 11) is 0. The van der Waals surface area contributed by atoms with Crippen LogP contribution in [0.3, 0.4) is 0 Å². The fraction of sp³-hybridized carbons (Fsp3) is 0.400. The zero-order chi connectivity index (χ0) is 25.6. The molecule has 33 heavy (non-hydrogen) atoms. The number of nitro groups is 1. The van der Waals surface area contributed by atoms with Crippen molar-refractivity contribution in [1.82, 2.24) is 0 Å². The molecule has 2 rings (SSSR count). The van der Waals surface area contributed by atoms with Crippen molar-refractivity contribution < 1.29 is 44.4 Å². The first-order valence-electron chi connectivity index (χ1n) is 9.17. The highest BCUT2D eigenvalue weighted by Crippen LogP contribution is 2.60. The largest absolute Gasteiger partial charge is 0.457 e. The summed E-state index contributed by atoms with van der Waals surface area (Å²) in [5, 5.41) is 10.3. The number of alkyl halides is 9. The summed E-state index contributed by atoms with van der Waals surface area (Å²) >= 11 is 5.92. The van der Waals surface area contributed by atoms with Crippen molar-refractivity contribution in [2.24, 2.45) is 0 Å². The maximum absolute atomic E-state index is 15.5. The van der Waals surface area contributed by atoms with E-state index < -0.39 is 56.3 Å². The summed E-state index contributed by atoms with van der Waals surface area (Å²) < 4.78 is 124. The Kier molecular flexibility index (Phi) is 7.05. The molecule has 0 aliphatic rings. The number of hydrogen-bond acceptors (Lipinski definition) is 2. The van der Waals surface area contributed by atoms with Gasteiger partial charge in [-0.15, -0.1) is 0 Å². The molecule has 3 nitrogen and oxygen atoms in total. The number of benzene rings is 2. The maximum atomic E-state index is 15.5. The SMILES string of the molecule is CCc1[c]c(CC)c(-c2ccc([N+](=O)[O-])cc2Cl)c(C(F)(C(F)(F)F)C(F)(F)C(F)(F)F)c1. The van der Waals surface area contributed by atoms with Crippen LogP contribution in [0.5, 0.6) is 0 Å². The summed E-state index contributed by atoms with van der Waals surface area (Å²) in [5.41, 5.74) is -11.0. The zero-order valence-electron chi connectivity index (χ0n) is 16.8. The van der Waals surface area contributed by atoms with E-state index in [4.69, 9.17) is 11.6 Å². The fourth-order valence-corrected chi connectivity index (χ4v) is 3.52. The van der Waals surface area contributed by atoms with Gasteiger partial charge in [0.15, 0.2) is 0 Å². The lowest BCUT2D eigenvalue weighted by Gasteiger charge is -2.38. The monoisotopic (exact) mass is 506 g/mol. The van der Waals surface area contributed by atoms with E-state index in [9.17, 15) is 45.2 Å². The van der Waals surface area contributed by atoms with E-state index in [2.05, 4.69) is 6.07 Å². The van der Waals surface area contributed by atoms with Gasteiger partial charge in [0.25, 0.3) is 5.69 Å². The van der Waals surface area contributed by atoms with Crippen LogP contribution in [0.25, 0.3) is 11.1 Å². The fourth-order valence-electron chi connectivity index (χ4n) is 3.25. The number of nitrogens with zero attached hydrogens (tertiary/aromatic N) is 1. The average molecular weight is 507 g/mol. The Morgan fingerprint density at radius 3 is 1.91 bits per heavy atom. The summed E-state index contributed by atoms with van der Waals surface area (Å²) in [4.78, 5) is 9.99. The van der Waals surface area contributed by atoms with E-state index in [0.29, 0.717) is 6.07 Å². The van der Waals surface area contributed by atoms with Gasteiger partial charge in [-0.3, -0.25) is 10.1 Å². The third kappa shape index (κ3) is 4.36. The second kappa shape index (κ2) is 8.69. The molecular weight excluding hydrogens is 493 g/mol. The highest BCUT2D eigenvalue weighted by atomic mass is 35.5. The number of rotatable bonds is 6. The van der Waals surface area contributed by atoms with Crippen molar-refractivity contribution in [2.75, 3.05) is 0 Å². The Morgan fingerprint density at radius 1 is 0.939 bits per heavy atom. The van der Waals surface area contributed by atoms with Crippen molar-refractivity contribution >= 4 is 17.3 Å². The minimum Gasteiger partial charge on any atom is -0.258 e. The van der Waals surface area contributed by atoms with E-state index in [0.717, 1.165) is 12.1 Å². The topological polar surface area (TPSA) is 43.1 Å². The number of nitro benzene ring substituents is 1.